The molecule has 0 aromatic heterocycles. The molecule has 42 heavy (non-hydrogen) atoms. The van der Waals surface area contributed by atoms with Crippen LogP contribution in [0.3, 0.4) is 0 Å². The summed E-state index contributed by atoms with van der Waals surface area (Å²) in [6.45, 7) is 10.0. The van der Waals surface area contributed by atoms with Crippen LogP contribution in [0.1, 0.15) is 104 Å². The largest absolute Gasteiger partial charge is 0.460 e. The van der Waals surface area contributed by atoms with Crippen molar-refractivity contribution >= 4 is 17.7 Å². The van der Waals surface area contributed by atoms with E-state index in [9.17, 15) is 14.4 Å². The van der Waals surface area contributed by atoms with Crippen molar-refractivity contribution in [3.05, 3.63) is 35.9 Å². The first-order valence-electron chi connectivity index (χ1n) is 16.7. The van der Waals surface area contributed by atoms with Gasteiger partial charge in [0.1, 0.15) is 24.0 Å². The van der Waals surface area contributed by atoms with Gasteiger partial charge in [0.25, 0.3) is 0 Å². The fourth-order valence-electron chi connectivity index (χ4n) is 10.8. The van der Waals surface area contributed by atoms with Crippen LogP contribution >= 0.6 is 0 Å². The number of likely N-dealkylation sites (tertiary alicyclic amines) is 1. The van der Waals surface area contributed by atoms with E-state index in [4.69, 9.17) is 9.47 Å². The Morgan fingerprint density at radius 3 is 2.40 bits per heavy atom. The van der Waals surface area contributed by atoms with Gasteiger partial charge in [0.2, 0.25) is 0 Å². The molecule has 9 atom stereocenters. The van der Waals surface area contributed by atoms with E-state index < -0.39 is 5.60 Å². The zero-order valence-electron chi connectivity index (χ0n) is 26.2. The average Bonchev–Trinajstić information content (AvgIpc) is 3.56. The quantitative estimate of drug-likeness (QED) is 0.334. The molecule has 5 aliphatic rings. The van der Waals surface area contributed by atoms with Gasteiger partial charge in [-0.25, -0.2) is 0 Å². The average molecular weight is 578 g/mol. The van der Waals surface area contributed by atoms with Crippen molar-refractivity contribution in [1.82, 2.24) is 4.90 Å². The Morgan fingerprint density at radius 2 is 1.64 bits per heavy atom. The van der Waals surface area contributed by atoms with E-state index >= 15 is 0 Å². The molecule has 1 aliphatic heterocycles. The van der Waals surface area contributed by atoms with E-state index in [-0.39, 0.29) is 47.9 Å². The zero-order valence-corrected chi connectivity index (χ0v) is 26.2. The van der Waals surface area contributed by atoms with Crippen LogP contribution in [0.4, 0.5) is 0 Å². The van der Waals surface area contributed by atoms with Gasteiger partial charge < -0.3 is 9.47 Å². The molecular weight excluding hydrogens is 526 g/mol. The summed E-state index contributed by atoms with van der Waals surface area (Å²) in [5.74, 6) is 2.88. The summed E-state index contributed by atoms with van der Waals surface area (Å²) in [5.41, 5.74) is 0.989. The third-order valence-corrected chi connectivity index (χ3v) is 13.0. The molecule has 0 bridgehead atoms. The van der Waals surface area contributed by atoms with Crippen molar-refractivity contribution in [2.24, 2.45) is 40.4 Å². The molecule has 1 saturated heterocycles. The summed E-state index contributed by atoms with van der Waals surface area (Å²) in [6, 6.07) is 9.33. The predicted molar refractivity (Wildman–Crippen MR) is 161 cm³/mol. The Kier molecular flexibility index (Phi) is 8.08. The van der Waals surface area contributed by atoms with Gasteiger partial charge in [-0.2, -0.15) is 0 Å². The van der Waals surface area contributed by atoms with Gasteiger partial charge in [0.15, 0.2) is 0 Å². The van der Waals surface area contributed by atoms with Gasteiger partial charge in [0.05, 0.1) is 6.54 Å². The second-order valence-electron chi connectivity index (χ2n) is 15.3. The highest BCUT2D eigenvalue weighted by Gasteiger charge is 2.62. The van der Waals surface area contributed by atoms with Crippen LogP contribution in [-0.2, 0) is 30.5 Å². The Balaban J connectivity index is 1.04. The van der Waals surface area contributed by atoms with E-state index in [1.807, 2.05) is 42.2 Å². The summed E-state index contributed by atoms with van der Waals surface area (Å²) >= 11 is 0. The first-order valence-corrected chi connectivity index (χ1v) is 16.7. The van der Waals surface area contributed by atoms with Crippen molar-refractivity contribution in [2.75, 3.05) is 13.1 Å². The van der Waals surface area contributed by atoms with Gasteiger partial charge >= 0.3 is 11.9 Å². The van der Waals surface area contributed by atoms with Crippen LogP contribution < -0.4 is 0 Å². The van der Waals surface area contributed by atoms with Crippen LogP contribution in [0.25, 0.3) is 0 Å². The summed E-state index contributed by atoms with van der Waals surface area (Å²) < 4.78 is 11.9. The number of ketones is 1. The highest BCUT2D eigenvalue weighted by molar-refractivity contribution is 5.79. The molecular formula is C36H51NO5. The molecule has 0 spiro atoms. The van der Waals surface area contributed by atoms with Gasteiger partial charge in [-0.15, -0.1) is 0 Å². The van der Waals surface area contributed by atoms with Crippen molar-refractivity contribution < 1.29 is 23.9 Å². The molecule has 1 unspecified atom stereocenters. The minimum atomic E-state index is -0.451. The summed E-state index contributed by atoms with van der Waals surface area (Å²) in [7, 11) is 0. The summed E-state index contributed by atoms with van der Waals surface area (Å²) in [4.78, 5) is 40.6. The number of fused-ring (bicyclic) bond motifs is 5. The Morgan fingerprint density at radius 1 is 0.881 bits per heavy atom. The molecule has 0 amide bonds. The topological polar surface area (TPSA) is 72.9 Å². The van der Waals surface area contributed by atoms with Crippen LogP contribution in [0.2, 0.25) is 0 Å². The lowest BCUT2D eigenvalue weighted by atomic mass is 9.44. The first kappa shape index (κ1) is 29.8. The maximum absolute atomic E-state index is 13.3. The Hall–Kier alpha value is -2.21. The lowest BCUT2D eigenvalue weighted by molar-refractivity contribution is -0.182. The number of carbonyl (C=O) groups excluding carboxylic acids is 3. The maximum Gasteiger partial charge on any atom is 0.323 e. The van der Waals surface area contributed by atoms with Gasteiger partial charge in [-0.3, -0.25) is 19.3 Å². The number of ether oxygens (including phenoxy) is 2. The summed E-state index contributed by atoms with van der Waals surface area (Å²) in [5, 5.41) is 0. The molecule has 1 aromatic carbocycles. The number of rotatable bonds is 7. The number of carbonyl (C=O) groups is 3. The Labute approximate surface area is 252 Å². The number of hydrogen-bond donors (Lipinski definition) is 0. The second kappa shape index (κ2) is 11.4. The van der Waals surface area contributed by atoms with E-state index in [1.54, 1.807) is 0 Å². The lowest BCUT2D eigenvalue weighted by Gasteiger charge is -2.62. The number of esters is 2. The first-order chi connectivity index (χ1) is 20.0. The van der Waals surface area contributed by atoms with Gasteiger partial charge in [-0.1, -0.05) is 44.2 Å². The number of benzene rings is 1. The van der Waals surface area contributed by atoms with Crippen molar-refractivity contribution in [2.45, 2.75) is 117 Å². The van der Waals surface area contributed by atoms with Crippen molar-refractivity contribution in [3.63, 3.8) is 0 Å². The standard InChI is InChI=1S/C36H51NO5/c1-24(38)28-14-15-29-27-13-12-26-21-34(2,18-19-35(26,3)30(27)16-17-36(28,29)4)42-32(39)22-37-20-8-11-31(37)33(40)41-23-25-9-6-5-7-10-25/h5-7,9-10,26-31H,8,11-23H2,1-4H3/t26-,27-,28+,29?,30-,31-,34+,35-,36+/m0/s1. The molecule has 6 heteroatoms. The molecule has 1 heterocycles. The highest BCUT2D eigenvalue weighted by Crippen LogP contribution is 2.68. The molecule has 1 aromatic rings. The minimum Gasteiger partial charge on any atom is -0.460 e. The van der Waals surface area contributed by atoms with Crippen LogP contribution in [0.15, 0.2) is 30.3 Å². The third kappa shape index (κ3) is 5.35. The van der Waals surface area contributed by atoms with E-state index in [0.717, 1.165) is 43.6 Å². The Bertz CT molecular complexity index is 1180. The fraction of sp³-hybridized carbons (Fsp3) is 0.750. The molecule has 230 valence electrons. The zero-order chi connectivity index (χ0) is 29.7. The van der Waals surface area contributed by atoms with Gasteiger partial charge in [-0.05, 0) is 131 Å². The predicted octanol–water partition coefficient (Wildman–Crippen LogP) is 6.74. The molecule has 5 fully saturated rings. The maximum atomic E-state index is 13.3. The van der Waals surface area contributed by atoms with E-state index in [1.165, 1.54) is 32.1 Å². The molecule has 4 saturated carbocycles. The van der Waals surface area contributed by atoms with Crippen molar-refractivity contribution in [1.29, 1.82) is 0 Å². The van der Waals surface area contributed by atoms with Crippen molar-refractivity contribution in [3.8, 4) is 0 Å². The van der Waals surface area contributed by atoms with E-state index in [2.05, 4.69) is 20.8 Å². The number of hydrogen-bond acceptors (Lipinski definition) is 6. The lowest BCUT2D eigenvalue weighted by Crippen LogP contribution is -2.56. The minimum absolute atomic E-state index is 0.144. The van der Waals surface area contributed by atoms with Crippen LogP contribution in [0.5, 0.6) is 0 Å². The second-order valence-corrected chi connectivity index (χ2v) is 15.3. The monoisotopic (exact) mass is 577 g/mol. The van der Waals surface area contributed by atoms with E-state index in [0.29, 0.717) is 36.5 Å². The molecule has 0 radical (unpaired) electrons. The normalized spacial score (nSPS) is 41.3. The smallest absolute Gasteiger partial charge is 0.323 e. The van der Waals surface area contributed by atoms with Crippen LogP contribution in [-0.4, -0.2) is 47.4 Å². The summed E-state index contributed by atoms with van der Waals surface area (Å²) in [6.07, 6.45) is 11.7. The van der Waals surface area contributed by atoms with Gasteiger partial charge in [0, 0.05) is 5.92 Å². The number of Topliss-reactive ketones (excluding diaryl/α,β-unsaturated/α-hetero) is 1. The number of nitrogens with zero attached hydrogens (tertiary/aromatic N) is 1. The molecule has 0 N–H and O–H groups in total. The fourth-order valence-corrected chi connectivity index (χ4v) is 10.8. The molecule has 6 rings (SSSR count). The third-order valence-electron chi connectivity index (χ3n) is 13.0. The van der Waals surface area contributed by atoms with Crippen LogP contribution in [0, 0.1) is 40.4 Å². The highest BCUT2D eigenvalue weighted by atomic mass is 16.6. The molecule has 6 nitrogen and oxygen atoms in total. The SMILES string of the molecule is CC(=O)[C@H]1CCC2[C@@H]3CC[C@H]4C[C@](C)(OC(=O)CN5CCC[C@H]5C(=O)OCc5ccccc5)CC[C@]4(C)[C@H]3CC[C@@]21C. The molecule has 4 aliphatic carbocycles.